The van der Waals surface area contributed by atoms with Crippen LogP contribution in [0.3, 0.4) is 0 Å². The monoisotopic (exact) mass is 537 g/mol. The Labute approximate surface area is 221 Å². The van der Waals surface area contributed by atoms with Crippen molar-refractivity contribution in [3.05, 3.63) is 0 Å². The highest BCUT2D eigenvalue weighted by Gasteiger charge is 2.28. The number of amides is 1. The number of hydrogen-bond acceptors (Lipinski definition) is 5. The van der Waals surface area contributed by atoms with Crippen LogP contribution in [0.5, 0.6) is 0 Å². The van der Waals surface area contributed by atoms with Gasteiger partial charge in [-0.2, -0.15) is 0 Å². The zero-order valence-corrected chi connectivity index (χ0v) is 24.9. The predicted octanol–water partition coefficient (Wildman–Crippen LogP) is 5.95. The summed E-state index contributed by atoms with van der Waals surface area (Å²) in [7, 11) is 1.61. The van der Waals surface area contributed by atoms with Crippen molar-refractivity contribution in [3.8, 4) is 0 Å². The number of carbonyl (C=O) groups is 1. The van der Waals surface area contributed by atoms with Crippen molar-refractivity contribution in [2.75, 3.05) is 40.9 Å². The van der Waals surface area contributed by atoms with Gasteiger partial charge in [0, 0.05) is 6.42 Å². The molecule has 0 aliphatic carbocycles. The van der Waals surface area contributed by atoms with Crippen LogP contribution in [-0.2, 0) is 18.4 Å². The van der Waals surface area contributed by atoms with Crippen LogP contribution in [0.15, 0.2) is 0 Å². The summed E-state index contributed by atoms with van der Waals surface area (Å²) < 4.78 is 23.2. The van der Waals surface area contributed by atoms with Crippen LogP contribution in [0.25, 0.3) is 0 Å². The second-order valence-electron chi connectivity index (χ2n) is 11.1. The topological polar surface area (TPSA) is 105 Å². The van der Waals surface area contributed by atoms with E-state index >= 15 is 0 Å². The van der Waals surface area contributed by atoms with E-state index < -0.39 is 20.0 Å². The summed E-state index contributed by atoms with van der Waals surface area (Å²) in [4.78, 5) is 22.6. The molecule has 0 aromatic rings. The number of phosphoric acid groups is 1. The van der Waals surface area contributed by atoms with Gasteiger partial charge in [-0.1, -0.05) is 97.3 Å². The smallest absolute Gasteiger partial charge is 0.391 e. The highest BCUT2D eigenvalue weighted by atomic mass is 31.2. The van der Waals surface area contributed by atoms with Gasteiger partial charge in [0.25, 0.3) is 0 Å². The van der Waals surface area contributed by atoms with Crippen molar-refractivity contribution in [2.45, 2.75) is 129 Å². The van der Waals surface area contributed by atoms with E-state index in [1.54, 1.807) is 0 Å². The summed E-state index contributed by atoms with van der Waals surface area (Å²) in [6.45, 7) is 4.73. The predicted molar refractivity (Wildman–Crippen MR) is 148 cm³/mol. The Morgan fingerprint density at radius 1 is 0.833 bits per heavy atom. The number of quaternary nitrogens is 1. The van der Waals surface area contributed by atoms with Gasteiger partial charge < -0.3 is 19.8 Å². The lowest BCUT2D eigenvalue weighted by molar-refractivity contribution is -0.870. The Bertz CT molecular complexity index is 585. The molecule has 0 rings (SSSR count). The highest BCUT2D eigenvalue weighted by molar-refractivity contribution is 7.47. The third kappa shape index (κ3) is 22.7. The molecule has 0 aliphatic rings. The lowest BCUT2D eigenvalue weighted by Crippen LogP contribution is -2.46. The number of nitrogens with one attached hydrogen (secondary N) is 1. The third-order valence-corrected chi connectivity index (χ3v) is 7.34. The number of hydrogen-bond donors (Lipinski definition) is 3. The van der Waals surface area contributed by atoms with E-state index in [0.29, 0.717) is 23.9 Å². The standard InChI is InChI=1S/C27H57N2O6P/c1-6-8-10-12-13-14-15-17-19-21-27(31)28-25(26(30)20-18-16-11-9-7-2)24-35-36(32,33)34-23-22-29(3,4)5/h25-26,30H,6-24H2,1-5H3,(H-,28,31,32,33)/p+1. The summed E-state index contributed by atoms with van der Waals surface area (Å²) in [5.74, 6) is -0.157. The molecule has 3 atom stereocenters. The van der Waals surface area contributed by atoms with Gasteiger partial charge >= 0.3 is 7.82 Å². The fourth-order valence-electron chi connectivity index (χ4n) is 3.92. The molecule has 1 amide bonds. The van der Waals surface area contributed by atoms with Gasteiger partial charge in [0.15, 0.2) is 0 Å². The molecule has 0 saturated heterocycles. The van der Waals surface area contributed by atoms with Gasteiger partial charge in [0.1, 0.15) is 13.2 Å². The molecule has 3 N–H and O–H groups in total. The number of carbonyl (C=O) groups excluding carboxylic acids is 1. The van der Waals surface area contributed by atoms with E-state index in [1.807, 2.05) is 21.1 Å². The molecule has 3 unspecified atom stereocenters. The van der Waals surface area contributed by atoms with Gasteiger partial charge in [-0.15, -0.1) is 0 Å². The minimum Gasteiger partial charge on any atom is -0.391 e. The normalized spacial score (nSPS) is 15.4. The summed E-state index contributed by atoms with van der Waals surface area (Å²) in [5, 5.41) is 13.6. The van der Waals surface area contributed by atoms with Crippen molar-refractivity contribution in [1.29, 1.82) is 0 Å². The lowest BCUT2D eigenvalue weighted by atomic mass is 10.0. The number of aliphatic hydroxyl groups excluding tert-OH is 1. The van der Waals surface area contributed by atoms with E-state index in [9.17, 15) is 19.4 Å². The molecule has 0 fully saturated rings. The number of rotatable bonds is 25. The molecule has 0 aliphatic heterocycles. The first-order chi connectivity index (χ1) is 17.0. The SMILES string of the molecule is CCCCCCCCCCCC(=O)NC(COP(=O)(O)OCC[N+](C)(C)C)C(O)CCCCCCC. The zero-order chi connectivity index (χ0) is 27.3. The number of nitrogens with zero attached hydrogens (tertiary/aromatic N) is 1. The van der Waals surface area contributed by atoms with Crippen LogP contribution < -0.4 is 5.32 Å². The Hall–Kier alpha value is -0.500. The summed E-state index contributed by atoms with van der Waals surface area (Å²) in [6, 6.07) is -0.746. The third-order valence-electron chi connectivity index (χ3n) is 6.36. The molecular formula is C27H58N2O6P+. The van der Waals surface area contributed by atoms with Crippen LogP contribution >= 0.6 is 7.82 Å². The van der Waals surface area contributed by atoms with E-state index in [0.717, 1.165) is 51.4 Å². The first kappa shape index (κ1) is 35.5. The van der Waals surface area contributed by atoms with Crippen LogP contribution in [0, 0.1) is 0 Å². The first-order valence-corrected chi connectivity index (χ1v) is 15.9. The van der Waals surface area contributed by atoms with Crippen molar-refractivity contribution in [2.24, 2.45) is 0 Å². The Kier molecular flexibility index (Phi) is 21.1. The molecule has 0 bridgehead atoms. The van der Waals surface area contributed by atoms with Gasteiger partial charge in [0.2, 0.25) is 5.91 Å². The molecule has 0 saturated carbocycles. The number of likely N-dealkylation sites (N-methyl/N-ethyl adjacent to an activating group) is 1. The average Bonchev–Trinajstić information content (AvgIpc) is 2.79. The highest BCUT2D eigenvalue weighted by Crippen LogP contribution is 2.43. The average molecular weight is 538 g/mol. The fraction of sp³-hybridized carbons (Fsp3) is 0.963. The Balaban J connectivity index is 4.55. The van der Waals surface area contributed by atoms with E-state index in [4.69, 9.17) is 9.05 Å². The quantitative estimate of drug-likeness (QED) is 0.0755. The van der Waals surface area contributed by atoms with Crippen LogP contribution in [0.4, 0.5) is 0 Å². The summed E-state index contributed by atoms with van der Waals surface area (Å²) in [6.07, 6.45) is 15.9. The number of unbranched alkanes of at least 4 members (excludes halogenated alkanes) is 12. The van der Waals surface area contributed by atoms with Crippen LogP contribution in [0.2, 0.25) is 0 Å². The van der Waals surface area contributed by atoms with E-state index in [-0.39, 0.29) is 19.1 Å². The maximum Gasteiger partial charge on any atom is 0.472 e. The molecular weight excluding hydrogens is 479 g/mol. The van der Waals surface area contributed by atoms with E-state index in [2.05, 4.69) is 19.2 Å². The maximum atomic E-state index is 12.5. The second-order valence-corrected chi connectivity index (χ2v) is 12.6. The van der Waals surface area contributed by atoms with E-state index in [1.165, 1.54) is 38.5 Å². The molecule has 216 valence electrons. The van der Waals surface area contributed by atoms with Crippen LogP contribution in [0.1, 0.15) is 117 Å². The summed E-state index contributed by atoms with van der Waals surface area (Å²) in [5.41, 5.74) is 0. The zero-order valence-electron chi connectivity index (χ0n) is 24.0. The number of phosphoric ester groups is 1. The van der Waals surface area contributed by atoms with Gasteiger partial charge in [-0.25, -0.2) is 4.57 Å². The Morgan fingerprint density at radius 3 is 1.86 bits per heavy atom. The lowest BCUT2D eigenvalue weighted by Gasteiger charge is -2.26. The largest absolute Gasteiger partial charge is 0.472 e. The van der Waals surface area contributed by atoms with Crippen molar-refractivity contribution in [3.63, 3.8) is 0 Å². The molecule has 0 radical (unpaired) electrons. The maximum absolute atomic E-state index is 12.5. The molecule has 36 heavy (non-hydrogen) atoms. The second kappa shape index (κ2) is 21.4. The van der Waals surface area contributed by atoms with Crippen molar-refractivity contribution >= 4 is 13.7 Å². The van der Waals surface area contributed by atoms with Gasteiger partial charge in [-0.3, -0.25) is 13.8 Å². The summed E-state index contributed by atoms with van der Waals surface area (Å²) >= 11 is 0. The van der Waals surface area contributed by atoms with Gasteiger partial charge in [0.05, 0.1) is 39.9 Å². The molecule has 0 spiro atoms. The minimum absolute atomic E-state index is 0.0763. The minimum atomic E-state index is -4.27. The molecule has 0 heterocycles. The first-order valence-electron chi connectivity index (χ1n) is 14.4. The molecule has 9 heteroatoms. The molecule has 0 aromatic heterocycles. The Morgan fingerprint density at radius 2 is 1.33 bits per heavy atom. The molecule has 0 aromatic carbocycles. The number of aliphatic hydroxyl groups is 1. The van der Waals surface area contributed by atoms with Crippen LogP contribution in [-0.4, -0.2) is 73.4 Å². The van der Waals surface area contributed by atoms with Crippen molar-refractivity contribution in [1.82, 2.24) is 5.32 Å². The fourth-order valence-corrected chi connectivity index (χ4v) is 4.66. The molecule has 8 nitrogen and oxygen atoms in total. The van der Waals surface area contributed by atoms with Gasteiger partial charge in [-0.05, 0) is 12.8 Å². The van der Waals surface area contributed by atoms with Crippen molar-refractivity contribution < 1.29 is 32.9 Å².